The Morgan fingerprint density at radius 1 is 0.765 bits per heavy atom. The second-order valence-corrected chi connectivity index (χ2v) is 8.51. The van der Waals surface area contributed by atoms with Crippen molar-refractivity contribution in [2.45, 2.75) is 31.2 Å². The molecule has 0 radical (unpaired) electrons. The standard InChI is InChI=1S/C27H26N2O5/c1-17-8-5-6-13-21(17)27(31)29-23-16-33-24-22(15-32-25(23)24)28-26(30)18-9-7-12-20(14-18)34-19-10-3-2-4-11-19/h2-14,22-25H,15-16H2,1H3,(H,28,30)(H,29,31)/t22-,23-,24+,25+/m0/s1. The van der Waals surface area contributed by atoms with Crippen molar-refractivity contribution in [3.05, 3.63) is 95.6 Å². The lowest BCUT2D eigenvalue weighted by molar-refractivity contribution is 0.0628. The average molecular weight is 459 g/mol. The Kier molecular flexibility index (Phi) is 6.29. The molecule has 0 aromatic heterocycles. The molecule has 2 saturated heterocycles. The topological polar surface area (TPSA) is 85.9 Å². The van der Waals surface area contributed by atoms with E-state index in [1.807, 2.05) is 55.5 Å². The van der Waals surface area contributed by atoms with Gasteiger partial charge < -0.3 is 24.8 Å². The van der Waals surface area contributed by atoms with Crippen molar-refractivity contribution in [3.63, 3.8) is 0 Å². The smallest absolute Gasteiger partial charge is 0.251 e. The van der Waals surface area contributed by atoms with Crippen LogP contribution in [0.1, 0.15) is 26.3 Å². The fraction of sp³-hybridized carbons (Fsp3) is 0.259. The van der Waals surface area contributed by atoms with Crippen LogP contribution in [0.15, 0.2) is 78.9 Å². The van der Waals surface area contributed by atoms with Crippen molar-refractivity contribution in [2.24, 2.45) is 0 Å². The molecule has 0 unspecified atom stereocenters. The molecule has 2 heterocycles. The van der Waals surface area contributed by atoms with E-state index in [2.05, 4.69) is 10.6 Å². The summed E-state index contributed by atoms with van der Waals surface area (Å²) in [5, 5.41) is 6.04. The zero-order valence-corrected chi connectivity index (χ0v) is 18.8. The first-order valence-electron chi connectivity index (χ1n) is 11.3. The van der Waals surface area contributed by atoms with Gasteiger partial charge in [0.15, 0.2) is 0 Å². The van der Waals surface area contributed by atoms with Gasteiger partial charge in [-0.1, -0.05) is 42.5 Å². The number of carbonyl (C=O) groups excluding carboxylic acids is 2. The molecule has 0 spiro atoms. The number of para-hydroxylation sites is 1. The minimum Gasteiger partial charge on any atom is -0.457 e. The summed E-state index contributed by atoms with van der Waals surface area (Å²) < 4.78 is 17.7. The van der Waals surface area contributed by atoms with Crippen molar-refractivity contribution < 1.29 is 23.8 Å². The normalized spacial score (nSPS) is 23.2. The number of hydrogen-bond donors (Lipinski definition) is 2. The van der Waals surface area contributed by atoms with E-state index in [0.717, 1.165) is 5.56 Å². The third kappa shape index (κ3) is 4.66. The van der Waals surface area contributed by atoms with Gasteiger partial charge in [0.25, 0.3) is 11.8 Å². The minimum atomic E-state index is -0.324. The molecule has 0 aliphatic carbocycles. The molecule has 2 fully saturated rings. The van der Waals surface area contributed by atoms with Gasteiger partial charge >= 0.3 is 0 Å². The first-order valence-corrected chi connectivity index (χ1v) is 11.3. The van der Waals surface area contributed by atoms with Gasteiger partial charge in [-0.05, 0) is 48.9 Å². The molecule has 174 valence electrons. The number of carbonyl (C=O) groups is 2. The van der Waals surface area contributed by atoms with Gasteiger partial charge in [0.1, 0.15) is 23.7 Å². The summed E-state index contributed by atoms with van der Waals surface area (Å²) in [5.41, 5.74) is 2.03. The Labute approximate surface area is 198 Å². The lowest BCUT2D eigenvalue weighted by Gasteiger charge is -2.19. The van der Waals surface area contributed by atoms with E-state index in [0.29, 0.717) is 35.8 Å². The zero-order chi connectivity index (χ0) is 23.5. The number of ether oxygens (including phenoxy) is 3. The lowest BCUT2D eigenvalue weighted by atomic mass is 10.0. The summed E-state index contributed by atoms with van der Waals surface area (Å²) in [6.07, 6.45) is -0.638. The van der Waals surface area contributed by atoms with Gasteiger partial charge in [-0.2, -0.15) is 0 Å². The highest BCUT2D eigenvalue weighted by molar-refractivity contribution is 5.96. The van der Waals surface area contributed by atoms with Crippen LogP contribution in [0.5, 0.6) is 11.5 Å². The summed E-state index contributed by atoms with van der Waals surface area (Å²) in [7, 11) is 0. The van der Waals surface area contributed by atoms with Crippen molar-refractivity contribution in [1.29, 1.82) is 0 Å². The van der Waals surface area contributed by atoms with Gasteiger partial charge in [-0.3, -0.25) is 9.59 Å². The van der Waals surface area contributed by atoms with Crippen molar-refractivity contribution in [2.75, 3.05) is 13.2 Å². The largest absolute Gasteiger partial charge is 0.457 e. The highest BCUT2D eigenvalue weighted by Gasteiger charge is 2.48. The Morgan fingerprint density at radius 3 is 2.09 bits per heavy atom. The SMILES string of the molecule is Cc1ccccc1C(=O)N[C@H]1CO[C@H]2[C@@H]1OC[C@@H]2NC(=O)c1cccc(Oc2ccccc2)c1. The van der Waals surface area contributed by atoms with E-state index >= 15 is 0 Å². The molecule has 3 aromatic rings. The van der Waals surface area contributed by atoms with Crippen molar-refractivity contribution in [1.82, 2.24) is 10.6 Å². The van der Waals surface area contributed by atoms with Crippen LogP contribution in [-0.4, -0.2) is 49.3 Å². The van der Waals surface area contributed by atoms with E-state index < -0.39 is 0 Å². The quantitative estimate of drug-likeness (QED) is 0.591. The van der Waals surface area contributed by atoms with Crippen LogP contribution >= 0.6 is 0 Å². The fourth-order valence-corrected chi connectivity index (χ4v) is 4.40. The third-order valence-electron chi connectivity index (χ3n) is 6.15. The van der Waals surface area contributed by atoms with Crippen LogP contribution in [0.4, 0.5) is 0 Å². The second kappa shape index (κ2) is 9.67. The Bertz CT molecular complexity index is 1180. The summed E-state index contributed by atoms with van der Waals surface area (Å²) in [4.78, 5) is 25.6. The number of amides is 2. The van der Waals surface area contributed by atoms with Crippen LogP contribution in [-0.2, 0) is 9.47 Å². The van der Waals surface area contributed by atoms with Crippen molar-refractivity contribution >= 4 is 11.8 Å². The zero-order valence-electron chi connectivity index (χ0n) is 18.8. The first-order chi connectivity index (χ1) is 16.6. The van der Waals surface area contributed by atoms with Crippen molar-refractivity contribution in [3.8, 4) is 11.5 Å². The maximum absolute atomic E-state index is 12.9. The highest BCUT2D eigenvalue weighted by atomic mass is 16.6. The Morgan fingerprint density at radius 2 is 1.38 bits per heavy atom. The summed E-state index contributed by atoms with van der Waals surface area (Å²) in [6.45, 7) is 2.55. The minimum absolute atomic E-state index is 0.154. The average Bonchev–Trinajstić information content (AvgIpc) is 3.43. The van der Waals surface area contributed by atoms with E-state index in [1.54, 1.807) is 30.3 Å². The number of benzene rings is 3. The highest BCUT2D eigenvalue weighted by Crippen LogP contribution is 2.28. The molecule has 34 heavy (non-hydrogen) atoms. The maximum atomic E-state index is 12.9. The molecule has 2 aliphatic heterocycles. The van der Waals surface area contributed by atoms with Crippen LogP contribution in [0.2, 0.25) is 0 Å². The van der Waals surface area contributed by atoms with Gasteiger partial charge in [0, 0.05) is 11.1 Å². The molecule has 7 heteroatoms. The fourth-order valence-electron chi connectivity index (χ4n) is 4.40. The molecule has 3 aromatic carbocycles. The Hall–Kier alpha value is -3.68. The van der Waals surface area contributed by atoms with Gasteiger partial charge in [0.05, 0.1) is 25.3 Å². The maximum Gasteiger partial charge on any atom is 0.251 e. The van der Waals surface area contributed by atoms with E-state index in [-0.39, 0.29) is 36.1 Å². The second-order valence-electron chi connectivity index (χ2n) is 8.51. The monoisotopic (exact) mass is 458 g/mol. The Balaban J connectivity index is 1.20. The molecule has 0 saturated carbocycles. The summed E-state index contributed by atoms with van der Waals surface area (Å²) >= 11 is 0. The van der Waals surface area contributed by atoms with Crippen LogP contribution in [0.3, 0.4) is 0 Å². The van der Waals surface area contributed by atoms with Crippen LogP contribution in [0.25, 0.3) is 0 Å². The number of aryl methyl sites for hydroxylation is 1. The molecule has 5 rings (SSSR count). The van der Waals surface area contributed by atoms with E-state index in [4.69, 9.17) is 14.2 Å². The molecule has 4 atom stereocenters. The van der Waals surface area contributed by atoms with Gasteiger partial charge in [-0.15, -0.1) is 0 Å². The predicted octanol–water partition coefficient (Wildman–Crippen LogP) is 3.48. The van der Waals surface area contributed by atoms with Gasteiger partial charge in [-0.25, -0.2) is 0 Å². The van der Waals surface area contributed by atoms with Crippen LogP contribution < -0.4 is 15.4 Å². The molecule has 2 aliphatic rings. The number of hydrogen-bond acceptors (Lipinski definition) is 5. The molecule has 0 bridgehead atoms. The van der Waals surface area contributed by atoms with E-state index in [9.17, 15) is 9.59 Å². The molecule has 2 N–H and O–H groups in total. The molecular weight excluding hydrogens is 432 g/mol. The molecular formula is C27H26N2O5. The van der Waals surface area contributed by atoms with Crippen LogP contribution in [0, 0.1) is 6.92 Å². The number of fused-ring (bicyclic) bond motifs is 1. The summed E-state index contributed by atoms with van der Waals surface area (Å²) in [5.74, 6) is 0.892. The lowest BCUT2D eigenvalue weighted by Crippen LogP contribution is -2.47. The first kappa shape index (κ1) is 22.1. The number of rotatable bonds is 6. The molecule has 7 nitrogen and oxygen atoms in total. The third-order valence-corrected chi connectivity index (χ3v) is 6.15. The van der Waals surface area contributed by atoms with E-state index in [1.165, 1.54) is 0 Å². The molecule has 2 amide bonds. The number of nitrogens with one attached hydrogen (secondary N) is 2. The summed E-state index contributed by atoms with van der Waals surface area (Å²) in [6, 6.07) is 23.3. The predicted molar refractivity (Wildman–Crippen MR) is 126 cm³/mol. The van der Waals surface area contributed by atoms with Gasteiger partial charge in [0.2, 0.25) is 0 Å².